The van der Waals surface area contributed by atoms with Crippen molar-refractivity contribution in [3.8, 4) is 0 Å². The summed E-state index contributed by atoms with van der Waals surface area (Å²) in [7, 11) is 0. The van der Waals surface area contributed by atoms with Crippen LogP contribution in [0.15, 0.2) is 23.3 Å². The first kappa shape index (κ1) is 20.6. The molecule has 5 aliphatic rings. The highest BCUT2D eigenvalue weighted by Gasteiger charge is 2.75. The lowest BCUT2D eigenvalue weighted by Gasteiger charge is -2.53. The third-order valence-corrected chi connectivity index (χ3v) is 8.18. The van der Waals surface area contributed by atoms with Crippen molar-refractivity contribution in [3.05, 3.63) is 23.3 Å². The standard InChI is InChI=1S/C21H28O9/c1-7-9-4-12(9)20(3)10(7)5-11-8(2)17(26)29-21(11,19(20)27)30-18-16(25)15(24)14(23)13(6-22)28-18/h9-10,12-16,18-19,22-25,27H,1,4-6H2,2-3H3/t9-,10+,12-,13-,14-,15+,16-,18+,19+,20-,21+/m1/s1. The summed E-state index contributed by atoms with van der Waals surface area (Å²) in [6.45, 7) is 7.16. The molecule has 0 bridgehead atoms. The van der Waals surface area contributed by atoms with Crippen LogP contribution in [0.5, 0.6) is 0 Å². The van der Waals surface area contributed by atoms with Gasteiger partial charge < -0.3 is 39.7 Å². The number of rotatable bonds is 3. The van der Waals surface area contributed by atoms with Gasteiger partial charge in [0.25, 0.3) is 5.79 Å². The van der Waals surface area contributed by atoms with E-state index in [1.165, 1.54) is 0 Å². The largest absolute Gasteiger partial charge is 0.422 e. The molecule has 0 aromatic heterocycles. The minimum atomic E-state index is -1.88. The first-order chi connectivity index (χ1) is 14.1. The van der Waals surface area contributed by atoms with Crippen molar-refractivity contribution in [2.75, 3.05) is 6.61 Å². The molecule has 166 valence electrons. The monoisotopic (exact) mass is 424 g/mol. The van der Waals surface area contributed by atoms with E-state index in [4.69, 9.17) is 14.2 Å². The topological polar surface area (TPSA) is 146 Å². The van der Waals surface area contributed by atoms with Crippen LogP contribution in [0.4, 0.5) is 0 Å². The summed E-state index contributed by atoms with van der Waals surface area (Å²) in [5.41, 5.74) is 1.24. The summed E-state index contributed by atoms with van der Waals surface area (Å²) in [5.74, 6) is -2.01. The Morgan fingerprint density at radius 2 is 1.90 bits per heavy atom. The molecule has 9 nitrogen and oxygen atoms in total. The van der Waals surface area contributed by atoms with Gasteiger partial charge in [0, 0.05) is 16.6 Å². The van der Waals surface area contributed by atoms with Crippen LogP contribution in [-0.4, -0.2) is 80.7 Å². The quantitative estimate of drug-likeness (QED) is 0.218. The van der Waals surface area contributed by atoms with Gasteiger partial charge in [0.15, 0.2) is 6.29 Å². The fourth-order valence-corrected chi connectivity index (χ4v) is 6.24. The van der Waals surface area contributed by atoms with Crippen molar-refractivity contribution in [3.63, 3.8) is 0 Å². The van der Waals surface area contributed by atoms with Crippen molar-refractivity contribution in [1.82, 2.24) is 0 Å². The van der Waals surface area contributed by atoms with E-state index in [-0.39, 0.29) is 11.8 Å². The Labute approximate surface area is 173 Å². The summed E-state index contributed by atoms with van der Waals surface area (Å²) < 4.78 is 17.1. The number of aliphatic hydroxyl groups excluding tert-OH is 5. The average Bonchev–Trinajstić information content (AvgIpc) is 3.44. The molecule has 1 saturated heterocycles. The smallest absolute Gasteiger partial charge is 0.336 e. The lowest BCUT2D eigenvalue weighted by Crippen LogP contribution is -2.66. The minimum Gasteiger partial charge on any atom is -0.422 e. The Bertz CT molecular complexity index is 836. The Kier molecular flexibility index (Phi) is 4.35. The van der Waals surface area contributed by atoms with Crippen molar-refractivity contribution >= 4 is 5.97 Å². The van der Waals surface area contributed by atoms with E-state index in [1.54, 1.807) is 6.92 Å². The molecular weight excluding hydrogens is 396 g/mol. The molecule has 5 N–H and O–H groups in total. The fraction of sp³-hybridized carbons (Fsp3) is 0.762. The van der Waals surface area contributed by atoms with Gasteiger partial charge in [0.05, 0.1) is 6.61 Å². The molecule has 4 fully saturated rings. The van der Waals surface area contributed by atoms with E-state index >= 15 is 0 Å². The Morgan fingerprint density at radius 1 is 1.20 bits per heavy atom. The molecule has 0 unspecified atom stereocenters. The zero-order valence-corrected chi connectivity index (χ0v) is 16.9. The zero-order chi connectivity index (χ0) is 21.7. The summed E-state index contributed by atoms with van der Waals surface area (Å²) in [4.78, 5) is 12.5. The van der Waals surface area contributed by atoms with Gasteiger partial charge in [-0.05, 0) is 37.5 Å². The van der Waals surface area contributed by atoms with Crippen LogP contribution in [0.3, 0.4) is 0 Å². The number of hydrogen-bond donors (Lipinski definition) is 5. The fourth-order valence-electron chi connectivity index (χ4n) is 6.24. The van der Waals surface area contributed by atoms with Crippen LogP contribution in [0, 0.1) is 23.2 Å². The van der Waals surface area contributed by atoms with Crippen molar-refractivity contribution < 1.29 is 44.5 Å². The lowest BCUT2D eigenvalue weighted by atomic mass is 9.60. The van der Waals surface area contributed by atoms with Crippen molar-refractivity contribution in [2.45, 2.75) is 69.3 Å². The van der Waals surface area contributed by atoms with Gasteiger partial charge in [-0.3, -0.25) is 0 Å². The first-order valence-electron chi connectivity index (χ1n) is 10.4. The van der Waals surface area contributed by atoms with Gasteiger partial charge in [-0.25, -0.2) is 4.79 Å². The van der Waals surface area contributed by atoms with Crippen LogP contribution in [0.1, 0.15) is 26.7 Å². The van der Waals surface area contributed by atoms with Crippen molar-refractivity contribution in [1.29, 1.82) is 0 Å². The van der Waals surface area contributed by atoms with Crippen LogP contribution >= 0.6 is 0 Å². The molecule has 30 heavy (non-hydrogen) atoms. The molecule has 0 radical (unpaired) electrons. The lowest BCUT2D eigenvalue weighted by molar-refractivity contribution is -0.377. The third kappa shape index (κ3) is 2.34. The van der Waals surface area contributed by atoms with Gasteiger partial charge >= 0.3 is 5.97 Å². The molecule has 0 amide bonds. The van der Waals surface area contributed by atoms with Gasteiger partial charge in [0.1, 0.15) is 30.5 Å². The number of carbonyl (C=O) groups excluding carboxylic acids is 1. The molecular formula is C21H28O9. The van der Waals surface area contributed by atoms with Crippen LogP contribution in [0.2, 0.25) is 0 Å². The highest BCUT2D eigenvalue weighted by atomic mass is 16.8. The van der Waals surface area contributed by atoms with Gasteiger partial charge in [0.2, 0.25) is 0 Å². The van der Waals surface area contributed by atoms with Gasteiger partial charge in [-0.1, -0.05) is 19.1 Å². The molecule has 5 rings (SSSR count). The first-order valence-corrected chi connectivity index (χ1v) is 10.4. The van der Waals surface area contributed by atoms with Gasteiger partial charge in [-0.2, -0.15) is 0 Å². The van der Waals surface area contributed by atoms with Crippen LogP contribution in [0.25, 0.3) is 0 Å². The second kappa shape index (κ2) is 6.35. The van der Waals surface area contributed by atoms with E-state index < -0.39 is 60.6 Å². The van der Waals surface area contributed by atoms with Gasteiger partial charge in [-0.15, -0.1) is 0 Å². The van der Waals surface area contributed by atoms with Crippen molar-refractivity contribution in [2.24, 2.45) is 23.2 Å². The maximum absolute atomic E-state index is 12.5. The summed E-state index contributed by atoms with van der Waals surface area (Å²) in [6.07, 6.45) is -7.51. The molecule has 9 heteroatoms. The average molecular weight is 424 g/mol. The number of fused-ring (bicyclic) bond motifs is 4. The summed E-state index contributed by atoms with van der Waals surface area (Å²) in [6, 6.07) is 0. The molecule has 0 aromatic rings. The van der Waals surface area contributed by atoms with E-state index in [0.29, 0.717) is 23.5 Å². The van der Waals surface area contributed by atoms with E-state index in [1.807, 2.05) is 6.92 Å². The molecule has 0 aromatic carbocycles. The number of aliphatic hydroxyl groups is 5. The number of ether oxygens (including phenoxy) is 3. The van der Waals surface area contributed by atoms with E-state index in [2.05, 4.69) is 6.58 Å². The number of allylic oxidation sites excluding steroid dienone is 1. The van der Waals surface area contributed by atoms with Crippen LogP contribution < -0.4 is 0 Å². The minimum absolute atomic E-state index is 0.0257. The predicted octanol–water partition coefficient (Wildman–Crippen LogP) is -1.03. The SMILES string of the molecule is C=C1[C@H]2C[C@H]2[C@]2(C)[C@H](O)[C@]3(O[C@@H]4O[C@H](CO)[C@@H](O)[C@H](O)[C@H]4O)OC(=O)C(C)=C3C[C@@H]12. The highest BCUT2D eigenvalue weighted by Crippen LogP contribution is 2.73. The molecule has 3 aliphatic carbocycles. The number of esters is 1. The summed E-state index contributed by atoms with van der Waals surface area (Å²) in [5, 5.41) is 51.7. The Hall–Kier alpha value is -1.33. The third-order valence-electron chi connectivity index (χ3n) is 8.18. The highest BCUT2D eigenvalue weighted by molar-refractivity contribution is 5.92. The normalized spacial score (nSPS) is 54.6. The maximum atomic E-state index is 12.5. The predicted molar refractivity (Wildman–Crippen MR) is 99.3 cm³/mol. The molecule has 2 aliphatic heterocycles. The molecule has 0 spiro atoms. The van der Waals surface area contributed by atoms with E-state index in [9.17, 15) is 30.3 Å². The maximum Gasteiger partial charge on any atom is 0.336 e. The second-order valence-corrected chi connectivity index (χ2v) is 9.52. The Morgan fingerprint density at radius 3 is 2.57 bits per heavy atom. The van der Waals surface area contributed by atoms with Crippen LogP contribution in [-0.2, 0) is 19.0 Å². The zero-order valence-electron chi connectivity index (χ0n) is 16.9. The summed E-state index contributed by atoms with van der Waals surface area (Å²) >= 11 is 0. The number of hydrogen-bond acceptors (Lipinski definition) is 9. The van der Waals surface area contributed by atoms with E-state index in [0.717, 1.165) is 12.0 Å². The molecule has 3 saturated carbocycles. The Balaban J connectivity index is 1.54. The molecule has 2 heterocycles. The molecule has 11 atom stereocenters. The number of carbonyl (C=O) groups is 1. The second-order valence-electron chi connectivity index (χ2n) is 9.52.